The first-order chi connectivity index (χ1) is 13.6. The van der Waals surface area contributed by atoms with Crippen molar-refractivity contribution in [2.45, 2.75) is 18.9 Å². The number of hydrogen-bond donors (Lipinski definition) is 1. The molecule has 0 saturated carbocycles. The fourth-order valence-corrected chi connectivity index (χ4v) is 3.75. The molecule has 1 atom stereocenters. The van der Waals surface area contributed by atoms with Gasteiger partial charge in [-0.3, -0.25) is 9.69 Å². The molecule has 0 aromatic heterocycles. The smallest absolute Gasteiger partial charge is 0.244 e. The lowest BCUT2D eigenvalue weighted by Gasteiger charge is -2.29. The maximum atomic E-state index is 14.5. The lowest BCUT2D eigenvalue weighted by molar-refractivity contribution is -0.116. The number of benzene rings is 2. The zero-order valence-corrected chi connectivity index (χ0v) is 16.1. The third-order valence-corrected chi connectivity index (χ3v) is 5.21. The number of carbonyl (C=O) groups is 1. The Bertz CT molecular complexity index is 896. The molecule has 1 saturated heterocycles. The Balaban J connectivity index is 1.72. The molecular formula is C22H21ClFN3O. The predicted octanol–water partition coefficient (Wildman–Crippen LogP) is 4.32. The van der Waals surface area contributed by atoms with E-state index >= 15 is 0 Å². The molecule has 1 heterocycles. The molecule has 3 rings (SSSR count). The molecule has 0 bridgehead atoms. The fraction of sp³-hybridized carbons (Fsp3) is 0.273. The number of nitriles is 1. The second-order valence-electron chi connectivity index (χ2n) is 6.67. The van der Waals surface area contributed by atoms with Gasteiger partial charge in [-0.1, -0.05) is 35.9 Å². The maximum Gasteiger partial charge on any atom is 0.244 e. The van der Waals surface area contributed by atoms with Crippen LogP contribution in [0.4, 0.5) is 4.39 Å². The molecule has 1 unspecified atom stereocenters. The quantitative estimate of drug-likeness (QED) is 0.738. The van der Waals surface area contributed by atoms with Crippen LogP contribution in [-0.4, -0.2) is 30.4 Å². The summed E-state index contributed by atoms with van der Waals surface area (Å²) in [5, 5.41) is 12.3. The summed E-state index contributed by atoms with van der Waals surface area (Å²) in [5.41, 5.74) is 1.60. The van der Waals surface area contributed by atoms with E-state index in [9.17, 15) is 9.18 Å². The molecule has 2 aromatic carbocycles. The molecule has 28 heavy (non-hydrogen) atoms. The highest BCUT2D eigenvalue weighted by molar-refractivity contribution is 6.31. The molecule has 0 aliphatic carbocycles. The largest absolute Gasteiger partial charge is 0.351 e. The Morgan fingerprint density at radius 3 is 2.71 bits per heavy atom. The van der Waals surface area contributed by atoms with Crippen molar-refractivity contribution in [2.24, 2.45) is 0 Å². The first kappa shape index (κ1) is 20.1. The van der Waals surface area contributed by atoms with E-state index in [0.717, 1.165) is 25.9 Å². The number of hydrogen-bond acceptors (Lipinski definition) is 3. The van der Waals surface area contributed by atoms with Gasteiger partial charge in [-0.2, -0.15) is 5.26 Å². The summed E-state index contributed by atoms with van der Waals surface area (Å²) < 4.78 is 14.5. The highest BCUT2D eigenvalue weighted by Crippen LogP contribution is 2.31. The Hall–Kier alpha value is -2.68. The van der Waals surface area contributed by atoms with Gasteiger partial charge in [0.25, 0.3) is 0 Å². The van der Waals surface area contributed by atoms with Crippen molar-refractivity contribution in [1.82, 2.24) is 10.2 Å². The second kappa shape index (κ2) is 9.50. The van der Waals surface area contributed by atoms with Gasteiger partial charge in [-0.05, 0) is 55.8 Å². The Morgan fingerprint density at radius 1 is 1.25 bits per heavy atom. The summed E-state index contributed by atoms with van der Waals surface area (Å²) in [5.74, 6) is -0.665. The lowest BCUT2D eigenvalue weighted by atomic mass is 10.0. The van der Waals surface area contributed by atoms with Gasteiger partial charge in [0.15, 0.2) is 0 Å². The number of carbonyl (C=O) groups excluding carboxylic acids is 1. The number of nitrogens with one attached hydrogen (secondary N) is 1. The van der Waals surface area contributed by atoms with E-state index in [1.54, 1.807) is 36.4 Å². The zero-order valence-electron chi connectivity index (χ0n) is 15.4. The summed E-state index contributed by atoms with van der Waals surface area (Å²) in [6.07, 6.45) is 5.08. The van der Waals surface area contributed by atoms with Crippen LogP contribution in [0.1, 0.15) is 35.6 Å². The van der Waals surface area contributed by atoms with Gasteiger partial charge in [0, 0.05) is 23.2 Å². The van der Waals surface area contributed by atoms with E-state index < -0.39 is 0 Å². The Morgan fingerprint density at radius 2 is 2.00 bits per heavy atom. The molecule has 0 spiro atoms. The third-order valence-electron chi connectivity index (χ3n) is 4.88. The number of halogens is 2. The van der Waals surface area contributed by atoms with E-state index in [0.29, 0.717) is 21.7 Å². The summed E-state index contributed by atoms with van der Waals surface area (Å²) in [4.78, 5) is 14.5. The molecule has 144 valence electrons. The number of nitrogens with zero attached hydrogens (tertiary/aromatic N) is 2. The highest BCUT2D eigenvalue weighted by atomic mass is 35.5. The topological polar surface area (TPSA) is 56.1 Å². The van der Waals surface area contributed by atoms with Crippen molar-refractivity contribution >= 4 is 23.6 Å². The fourth-order valence-electron chi connectivity index (χ4n) is 3.46. The van der Waals surface area contributed by atoms with E-state index in [1.807, 2.05) is 6.07 Å². The Labute approximate surface area is 169 Å². The van der Waals surface area contributed by atoms with Gasteiger partial charge in [0.05, 0.1) is 17.7 Å². The molecule has 1 aliphatic heterocycles. The van der Waals surface area contributed by atoms with Gasteiger partial charge >= 0.3 is 0 Å². The minimum Gasteiger partial charge on any atom is -0.351 e. The van der Waals surface area contributed by atoms with E-state index in [-0.39, 0.29) is 24.3 Å². The Kier molecular flexibility index (Phi) is 6.80. The van der Waals surface area contributed by atoms with Crippen molar-refractivity contribution in [3.63, 3.8) is 0 Å². The molecule has 0 radical (unpaired) electrons. The highest BCUT2D eigenvalue weighted by Gasteiger charge is 2.27. The third kappa shape index (κ3) is 4.78. The van der Waals surface area contributed by atoms with Crippen molar-refractivity contribution in [2.75, 3.05) is 19.6 Å². The van der Waals surface area contributed by atoms with E-state index in [1.165, 1.54) is 12.1 Å². The first-order valence-corrected chi connectivity index (χ1v) is 9.61. The van der Waals surface area contributed by atoms with Crippen LogP contribution in [0.15, 0.2) is 48.5 Å². The molecule has 6 heteroatoms. The van der Waals surface area contributed by atoms with Gasteiger partial charge in [-0.25, -0.2) is 4.39 Å². The van der Waals surface area contributed by atoms with Crippen molar-refractivity contribution in [1.29, 1.82) is 5.26 Å². The summed E-state index contributed by atoms with van der Waals surface area (Å²) in [6.45, 7) is 1.94. The van der Waals surface area contributed by atoms with Gasteiger partial charge in [0.1, 0.15) is 5.82 Å². The number of amides is 1. The van der Waals surface area contributed by atoms with Crippen LogP contribution >= 0.6 is 11.6 Å². The first-order valence-electron chi connectivity index (χ1n) is 9.23. The molecule has 1 amide bonds. The summed E-state index contributed by atoms with van der Waals surface area (Å²) >= 11 is 6.27. The van der Waals surface area contributed by atoms with E-state index in [2.05, 4.69) is 16.3 Å². The van der Waals surface area contributed by atoms with Crippen LogP contribution in [0.25, 0.3) is 6.08 Å². The normalized spacial score (nSPS) is 15.5. The SMILES string of the molecule is N#Cc1ccccc1/C=C/C(=O)NCC(c1c(F)cccc1Cl)N1CCCC1. The van der Waals surface area contributed by atoms with Gasteiger partial charge in [-0.15, -0.1) is 0 Å². The minimum atomic E-state index is -0.364. The number of likely N-dealkylation sites (tertiary alicyclic amines) is 1. The number of rotatable bonds is 6. The molecule has 1 fully saturated rings. The van der Waals surface area contributed by atoms with Crippen LogP contribution in [0.5, 0.6) is 0 Å². The van der Waals surface area contributed by atoms with Gasteiger partial charge < -0.3 is 5.32 Å². The summed E-state index contributed by atoms with van der Waals surface area (Å²) in [7, 11) is 0. The van der Waals surface area contributed by atoms with Crippen LogP contribution in [0.3, 0.4) is 0 Å². The van der Waals surface area contributed by atoms with Crippen LogP contribution in [-0.2, 0) is 4.79 Å². The molecule has 4 nitrogen and oxygen atoms in total. The predicted molar refractivity (Wildman–Crippen MR) is 108 cm³/mol. The van der Waals surface area contributed by atoms with Crippen LogP contribution in [0, 0.1) is 17.1 Å². The van der Waals surface area contributed by atoms with Crippen molar-refractivity contribution in [3.05, 3.63) is 76.1 Å². The van der Waals surface area contributed by atoms with Crippen LogP contribution in [0.2, 0.25) is 5.02 Å². The molecule has 2 aromatic rings. The van der Waals surface area contributed by atoms with E-state index in [4.69, 9.17) is 16.9 Å². The van der Waals surface area contributed by atoms with Crippen LogP contribution < -0.4 is 5.32 Å². The zero-order chi connectivity index (χ0) is 19.9. The standard InChI is InChI=1S/C22H21ClFN3O/c23-18-8-5-9-19(24)22(18)20(27-12-3-4-13-27)15-26-21(28)11-10-16-6-1-2-7-17(16)14-25/h1-2,5-11,20H,3-4,12-13,15H2,(H,26,28)/b11-10+. The molecular weight excluding hydrogens is 377 g/mol. The van der Waals surface area contributed by atoms with Crippen molar-refractivity contribution < 1.29 is 9.18 Å². The monoisotopic (exact) mass is 397 g/mol. The minimum absolute atomic E-state index is 0.254. The average molecular weight is 398 g/mol. The average Bonchev–Trinajstić information content (AvgIpc) is 3.23. The summed E-state index contributed by atoms with van der Waals surface area (Å²) in [6, 6.07) is 13.5. The van der Waals surface area contributed by atoms with Crippen molar-refractivity contribution in [3.8, 4) is 6.07 Å². The molecule has 1 aliphatic rings. The second-order valence-corrected chi connectivity index (χ2v) is 7.08. The molecule has 1 N–H and O–H groups in total. The van der Waals surface area contributed by atoms with Gasteiger partial charge in [0.2, 0.25) is 5.91 Å². The maximum absolute atomic E-state index is 14.5. The lowest BCUT2D eigenvalue weighted by Crippen LogP contribution is -2.36.